The van der Waals surface area contributed by atoms with E-state index in [9.17, 15) is 4.79 Å². The Kier molecular flexibility index (Phi) is 3.41. The number of Topliss-reactive ketones (excluding diaryl/α,β-unsaturated/α-hetero) is 1. The molecule has 1 aliphatic carbocycles. The van der Waals surface area contributed by atoms with Crippen LogP contribution in [-0.2, 0) is 23.5 Å². The zero-order valence-electron chi connectivity index (χ0n) is 8.03. The van der Waals surface area contributed by atoms with Gasteiger partial charge in [0.15, 0.2) is 5.78 Å². The van der Waals surface area contributed by atoms with Gasteiger partial charge in [-0.2, -0.15) is 0 Å². The molecule has 0 fully saturated rings. The number of carbonyl (C=O) groups is 1. The van der Waals surface area contributed by atoms with E-state index in [4.69, 9.17) is 11.6 Å². The van der Waals surface area contributed by atoms with Gasteiger partial charge in [0.1, 0.15) is 0 Å². The summed E-state index contributed by atoms with van der Waals surface area (Å²) in [6.45, 7) is 3.91. The van der Waals surface area contributed by atoms with Crippen LogP contribution in [0.1, 0.15) is 28.4 Å². The first-order valence-electron chi connectivity index (χ1n) is 4.43. The van der Waals surface area contributed by atoms with Crippen molar-refractivity contribution in [2.45, 2.75) is 20.3 Å². The summed E-state index contributed by atoms with van der Waals surface area (Å²) in [6.07, 6.45) is 0.799. The largest absolute Gasteiger partial charge is 2.00 e. The molecule has 2 rings (SSSR count). The molecule has 0 saturated heterocycles. The van der Waals surface area contributed by atoms with Crippen molar-refractivity contribution in [2.75, 3.05) is 0 Å². The molecule has 0 aliphatic heterocycles. The normalized spacial score (nSPS) is 19.1. The first-order chi connectivity index (χ1) is 6.09. The molecule has 1 radical (unpaired) electrons. The molecule has 3 heteroatoms. The van der Waals surface area contributed by atoms with Gasteiger partial charge in [-0.1, -0.05) is 18.5 Å². The number of benzene rings is 1. The Hall–Kier alpha value is -0.301. The topological polar surface area (TPSA) is 17.1 Å². The number of ketones is 1. The van der Waals surface area contributed by atoms with E-state index >= 15 is 0 Å². The maximum atomic E-state index is 11.6. The Balaban J connectivity index is 0.000000980. The third-order valence-corrected chi connectivity index (χ3v) is 2.90. The van der Waals surface area contributed by atoms with Crippen LogP contribution in [0.25, 0.3) is 0 Å². The van der Waals surface area contributed by atoms with Crippen molar-refractivity contribution < 1.29 is 21.9 Å². The molecular weight excluding hydrogens is 247 g/mol. The number of hydrogen-bond acceptors (Lipinski definition) is 1. The van der Waals surface area contributed by atoms with Gasteiger partial charge < -0.3 is 0 Å². The molecule has 1 aromatic carbocycles. The molecule has 0 aromatic heterocycles. The van der Waals surface area contributed by atoms with Crippen molar-refractivity contribution in [2.24, 2.45) is 5.92 Å². The minimum Gasteiger partial charge on any atom is -0.294 e. The zero-order valence-corrected chi connectivity index (χ0v) is 9.72. The van der Waals surface area contributed by atoms with Gasteiger partial charge in [0, 0.05) is 16.5 Å². The van der Waals surface area contributed by atoms with Gasteiger partial charge in [0.05, 0.1) is 0 Å². The summed E-state index contributed by atoms with van der Waals surface area (Å²) in [4.78, 5) is 11.6. The second-order valence-electron chi connectivity index (χ2n) is 3.74. The maximum Gasteiger partial charge on any atom is 2.00 e. The third-order valence-electron chi connectivity index (χ3n) is 2.56. The molecule has 0 heterocycles. The Morgan fingerprint density at radius 2 is 2.07 bits per heavy atom. The van der Waals surface area contributed by atoms with Gasteiger partial charge in [-0.3, -0.25) is 4.79 Å². The van der Waals surface area contributed by atoms with Crippen LogP contribution >= 0.6 is 11.6 Å². The monoisotopic (exact) mass is 257 g/mol. The van der Waals surface area contributed by atoms with E-state index in [1.54, 1.807) is 0 Å². The number of carbonyl (C=O) groups excluding carboxylic acids is 1. The molecule has 1 unspecified atom stereocenters. The average Bonchev–Trinajstić information content (AvgIpc) is 2.32. The smallest absolute Gasteiger partial charge is 0.294 e. The average molecular weight is 258 g/mol. The van der Waals surface area contributed by atoms with E-state index in [0.717, 1.165) is 28.1 Å². The Morgan fingerprint density at radius 1 is 1.43 bits per heavy atom. The third kappa shape index (κ3) is 1.75. The van der Waals surface area contributed by atoms with Gasteiger partial charge in [-0.15, -0.1) is 0 Å². The van der Waals surface area contributed by atoms with Gasteiger partial charge in [0.2, 0.25) is 0 Å². The summed E-state index contributed by atoms with van der Waals surface area (Å²) in [5, 5.41) is 0.743. The van der Waals surface area contributed by atoms with E-state index in [-0.39, 0.29) is 28.8 Å². The molecule has 1 aromatic rings. The fraction of sp³-hybridized carbons (Fsp3) is 0.364. The fourth-order valence-corrected chi connectivity index (χ4v) is 2.21. The SMILES string of the molecule is Cc1cc(Cl)c2c(c1)C(=O)C(C)C2.[Cu+2]. The molecule has 1 nitrogen and oxygen atoms in total. The predicted molar refractivity (Wildman–Crippen MR) is 53.4 cm³/mol. The molecular formula is C11H11ClCuO+2. The van der Waals surface area contributed by atoms with Crippen molar-refractivity contribution >= 4 is 17.4 Å². The van der Waals surface area contributed by atoms with E-state index in [0.29, 0.717) is 0 Å². The van der Waals surface area contributed by atoms with Crippen LogP contribution < -0.4 is 0 Å². The van der Waals surface area contributed by atoms with Gasteiger partial charge in [-0.25, -0.2) is 0 Å². The summed E-state index contributed by atoms with van der Waals surface area (Å²) in [5.41, 5.74) is 2.92. The van der Waals surface area contributed by atoms with E-state index in [1.807, 2.05) is 26.0 Å². The van der Waals surface area contributed by atoms with Crippen LogP contribution in [0.5, 0.6) is 0 Å². The summed E-state index contributed by atoms with van der Waals surface area (Å²) >= 11 is 6.05. The fourth-order valence-electron chi connectivity index (χ4n) is 1.86. The van der Waals surface area contributed by atoms with Crippen molar-refractivity contribution in [3.63, 3.8) is 0 Å². The van der Waals surface area contributed by atoms with Gasteiger partial charge >= 0.3 is 17.1 Å². The molecule has 0 N–H and O–H groups in total. The summed E-state index contributed by atoms with van der Waals surface area (Å²) in [6, 6.07) is 3.86. The number of fused-ring (bicyclic) bond motifs is 1. The Morgan fingerprint density at radius 3 is 2.71 bits per heavy atom. The number of hydrogen-bond donors (Lipinski definition) is 0. The van der Waals surface area contributed by atoms with Crippen molar-refractivity contribution in [1.82, 2.24) is 0 Å². The van der Waals surface area contributed by atoms with E-state index < -0.39 is 0 Å². The Labute approximate surface area is 99.3 Å². The van der Waals surface area contributed by atoms with Crippen molar-refractivity contribution in [3.05, 3.63) is 33.8 Å². The molecule has 1 aliphatic rings. The van der Waals surface area contributed by atoms with Crippen molar-refractivity contribution in [3.8, 4) is 0 Å². The minimum absolute atomic E-state index is 0. The Bertz CT molecular complexity index is 387. The molecule has 1 atom stereocenters. The molecule has 14 heavy (non-hydrogen) atoms. The first-order valence-corrected chi connectivity index (χ1v) is 4.80. The van der Waals surface area contributed by atoms with E-state index in [2.05, 4.69) is 0 Å². The number of rotatable bonds is 0. The van der Waals surface area contributed by atoms with Crippen LogP contribution in [0.15, 0.2) is 12.1 Å². The van der Waals surface area contributed by atoms with Crippen LogP contribution in [0.4, 0.5) is 0 Å². The molecule has 77 valence electrons. The number of halogens is 1. The summed E-state index contributed by atoms with van der Waals surface area (Å²) in [5.74, 6) is 0.343. The summed E-state index contributed by atoms with van der Waals surface area (Å²) in [7, 11) is 0. The second-order valence-corrected chi connectivity index (χ2v) is 4.15. The predicted octanol–water partition coefficient (Wildman–Crippen LogP) is 3.02. The molecule has 0 saturated carbocycles. The van der Waals surface area contributed by atoms with E-state index in [1.165, 1.54) is 0 Å². The quantitative estimate of drug-likeness (QED) is 0.654. The minimum atomic E-state index is 0. The van der Waals surface area contributed by atoms with Gasteiger partial charge in [-0.05, 0) is 36.6 Å². The van der Waals surface area contributed by atoms with Crippen molar-refractivity contribution in [1.29, 1.82) is 0 Å². The molecule has 0 amide bonds. The maximum absolute atomic E-state index is 11.6. The standard InChI is InChI=1S/C11H11ClO.Cu/c1-6-3-9-8(10(12)4-6)5-7(2)11(9)13;/h3-4,7H,5H2,1-2H3;/q;+2. The first kappa shape index (κ1) is 11.8. The van der Waals surface area contributed by atoms with Gasteiger partial charge in [0.25, 0.3) is 0 Å². The molecule has 0 bridgehead atoms. The second kappa shape index (κ2) is 4.06. The van der Waals surface area contributed by atoms with Crippen LogP contribution in [0.3, 0.4) is 0 Å². The number of aryl methyl sites for hydroxylation is 1. The van der Waals surface area contributed by atoms with Crippen LogP contribution in [0, 0.1) is 12.8 Å². The zero-order chi connectivity index (χ0) is 9.59. The molecule has 0 spiro atoms. The van der Waals surface area contributed by atoms with Crippen LogP contribution in [-0.4, -0.2) is 5.78 Å². The van der Waals surface area contributed by atoms with Crippen LogP contribution in [0.2, 0.25) is 5.02 Å². The summed E-state index contributed by atoms with van der Waals surface area (Å²) < 4.78 is 0.